The third-order valence-corrected chi connectivity index (χ3v) is 5.07. The molecule has 0 saturated carbocycles. The first-order chi connectivity index (χ1) is 15.6. The average molecular weight is 463 g/mol. The van der Waals surface area contributed by atoms with Crippen LogP contribution < -0.4 is 20.7 Å². The van der Waals surface area contributed by atoms with Crippen molar-refractivity contribution >= 4 is 17.9 Å². The second-order valence-electron chi connectivity index (χ2n) is 7.16. The smallest absolute Gasteiger partial charge is 0.216 e. The van der Waals surface area contributed by atoms with Crippen LogP contribution in [0, 0.1) is 11.8 Å². The number of nitrogens with zero attached hydrogens (tertiary/aromatic N) is 3. The predicted octanol–water partition coefficient (Wildman–Crippen LogP) is 3.57. The molecular formula is C22H31FN6O2S. The van der Waals surface area contributed by atoms with Gasteiger partial charge in [0.05, 0.1) is 29.7 Å². The van der Waals surface area contributed by atoms with Crippen LogP contribution >= 0.6 is 12.1 Å². The van der Waals surface area contributed by atoms with E-state index in [1.165, 1.54) is 0 Å². The van der Waals surface area contributed by atoms with Gasteiger partial charge in [-0.3, -0.25) is 4.99 Å². The number of halogens is 1. The van der Waals surface area contributed by atoms with Gasteiger partial charge in [0.25, 0.3) is 0 Å². The zero-order valence-electron chi connectivity index (χ0n) is 18.6. The van der Waals surface area contributed by atoms with Gasteiger partial charge >= 0.3 is 0 Å². The summed E-state index contributed by atoms with van der Waals surface area (Å²) in [6, 6.07) is 1.99. The molecule has 10 heteroatoms. The monoisotopic (exact) mass is 462 g/mol. The number of aryl methyl sites for hydroxylation is 1. The van der Waals surface area contributed by atoms with Gasteiger partial charge in [0.1, 0.15) is 6.61 Å². The van der Waals surface area contributed by atoms with Crippen LogP contribution in [-0.2, 0) is 6.54 Å². The number of aromatic nitrogens is 1. The maximum atomic E-state index is 12.2. The fourth-order valence-corrected chi connectivity index (χ4v) is 3.28. The summed E-state index contributed by atoms with van der Waals surface area (Å²) >= 11 is 0.251. The Kier molecular flexibility index (Phi) is 11.5. The van der Waals surface area contributed by atoms with Gasteiger partial charge in [-0.25, -0.2) is 4.98 Å². The second-order valence-corrected chi connectivity index (χ2v) is 7.79. The lowest BCUT2D eigenvalue weighted by molar-refractivity contribution is 0.327. The van der Waals surface area contributed by atoms with Crippen LogP contribution in [0.5, 0.6) is 5.88 Å². The SMILES string of the molecule is C=C(NCCCCN=O)C1=NC=CC(NC)/C1=C\NCc1cnc(OCCSF)c(C)c1. The van der Waals surface area contributed by atoms with Gasteiger partial charge in [0.15, 0.2) is 0 Å². The van der Waals surface area contributed by atoms with Crippen molar-refractivity contribution in [2.24, 2.45) is 10.2 Å². The first-order valence-electron chi connectivity index (χ1n) is 10.5. The van der Waals surface area contributed by atoms with Crippen LogP contribution in [0.4, 0.5) is 3.89 Å². The van der Waals surface area contributed by atoms with E-state index in [1.807, 2.05) is 32.3 Å². The quantitative estimate of drug-likeness (QED) is 0.271. The number of likely N-dealkylation sites (N-methyl/N-ethyl adjacent to an activating group) is 1. The molecule has 3 N–H and O–H groups in total. The molecule has 2 heterocycles. The van der Waals surface area contributed by atoms with Gasteiger partial charge in [0, 0.05) is 55.0 Å². The summed E-state index contributed by atoms with van der Waals surface area (Å²) in [4.78, 5) is 19.0. The summed E-state index contributed by atoms with van der Waals surface area (Å²) in [6.45, 7) is 7.93. The van der Waals surface area contributed by atoms with Crippen LogP contribution in [0.1, 0.15) is 24.0 Å². The van der Waals surface area contributed by atoms with Crippen LogP contribution in [0.25, 0.3) is 0 Å². The molecule has 0 saturated heterocycles. The zero-order chi connectivity index (χ0) is 23.2. The highest BCUT2D eigenvalue weighted by Gasteiger charge is 2.20. The Balaban J connectivity index is 1.98. The lowest BCUT2D eigenvalue weighted by Gasteiger charge is -2.23. The van der Waals surface area contributed by atoms with E-state index >= 15 is 0 Å². The van der Waals surface area contributed by atoms with Crippen LogP contribution in [0.3, 0.4) is 0 Å². The Hall–Kier alpha value is -2.72. The van der Waals surface area contributed by atoms with Gasteiger partial charge in [-0.15, -0.1) is 0 Å². The largest absolute Gasteiger partial charge is 0.476 e. The molecule has 0 radical (unpaired) electrons. The molecule has 0 aromatic carbocycles. The van der Waals surface area contributed by atoms with Gasteiger partial charge in [0.2, 0.25) is 5.88 Å². The molecule has 1 aliphatic rings. The number of aliphatic imine (C=N–C) groups is 1. The molecule has 2 rings (SSSR count). The Morgan fingerprint density at radius 3 is 3.00 bits per heavy atom. The van der Waals surface area contributed by atoms with E-state index < -0.39 is 0 Å². The Morgan fingerprint density at radius 1 is 1.44 bits per heavy atom. The normalized spacial score (nSPS) is 16.5. The number of hydrogen-bond donors (Lipinski definition) is 3. The first-order valence-corrected chi connectivity index (χ1v) is 11.4. The van der Waals surface area contributed by atoms with E-state index in [0.717, 1.165) is 41.0 Å². The molecule has 0 spiro atoms. The number of hydrogen-bond acceptors (Lipinski definition) is 9. The summed E-state index contributed by atoms with van der Waals surface area (Å²) < 4.78 is 17.6. The number of allylic oxidation sites excluding steroid dienone is 1. The molecule has 32 heavy (non-hydrogen) atoms. The minimum absolute atomic E-state index is 0.00294. The zero-order valence-corrected chi connectivity index (χ0v) is 19.4. The van der Waals surface area contributed by atoms with E-state index in [-0.39, 0.29) is 30.5 Å². The number of rotatable bonds is 15. The summed E-state index contributed by atoms with van der Waals surface area (Å²) in [5, 5.41) is 12.8. The Bertz CT molecular complexity index is 859. The first kappa shape index (κ1) is 25.5. The van der Waals surface area contributed by atoms with Crippen LogP contribution in [0.2, 0.25) is 0 Å². The summed E-state index contributed by atoms with van der Waals surface area (Å²) in [7, 11) is 1.89. The van der Waals surface area contributed by atoms with Gasteiger partial charge in [-0.1, -0.05) is 11.8 Å². The van der Waals surface area contributed by atoms with E-state index in [9.17, 15) is 8.79 Å². The molecule has 1 aliphatic heterocycles. The number of unbranched alkanes of at least 4 members (excludes halogenated alkanes) is 1. The van der Waals surface area contributed by atoms with E-state index in [1.54, 1.807) is 12.4 Å². The number of pyridine rings is 1. The van der Waals surface area contributed by atoms with Crippen molar-refractivity contribution in [3.05, 3.63) is 64.6 Å². The van der Waals surface area contributed by atoms with E-state index in [2.05, 4.69) is 37.7 Å². The van der Waals surface area contributed by atoms with Crippen molar-refractivity contribution in [2.75, 3.05) is 32.5 Å². The summed E-state index contributed by atoms with van der Waals surface area (Å²) in [5.74, 6) is 0.800. The average Bonchev–Trinajstić information content (AvgIpc) is 2.80. The van der Waals surface area contributed by atoms with E-state index in [0.29, 0.717) is 25.5 Å². The maximum Gasteiger partial charge on any atom is 0.216 e. The maximum absolute atomic E-state index is 12.2. The summed E-state index contributed by atoms with van der Waals surface area (Å²) in [6.07, 6.45) is 9.00. The van der Waals surface area contributed by atoms with Gasteiger partial charge in [-0.2, -0.15) is 8.79 Å². The van der Waals surface area contributed by atoms with E-state index in [4.69, 9.17) is 4.74 Å². The van der Waals surface area contributed by atoms with Crippen LogP contribution in [0.15, 0.2) is 58.8 Å². The fraction of sp³-hybridized carbons (Fsp3) is 0.455. The number of ether oxygens (including phenoxy) is 1. The van der Waals surface area contributed by atoms with Crippen molar-refractivity contribution in [1.82, 2.24) is 20.9 Å². The second kappa shape index (κ2) is 14.4. The lowest BCUT2D eigenvalue weighted by Crippen LogP contribution is -2.35. The van der Waals surface area contributed by atoms with Gasteiger partial charge < -0.3 is 20.7 Å². The minimum Gasteiger partial charge on any atom is -0.476 e. The minimum atomic E-state index is -0.00294. The number of nitrogens with one attached hydrogen (secondary N) is 3. The molecule has 1 unspecified atom stereocenters. The van der Waals surface area contributed by atoms with Crippen molar-refractivity contribution in [2.45, 2.75) is 32.4 Å². The molecule has 174 valence electrons. The fourth-order valence-electron chi connectivity index (χ4n) is 3.13. The van der Waals surface area contributed by atoms with Crippen molar-refractivity contribution in [3.63, 3.8) is 0 Å². The molecule has 1 atom stereocenters. The molecule has 0 amide bonds. The highest BCUT2D eigenvalue weighted by atomic mass is 32.2. The standard InChI is InChI=1S/C22H31FN6O2S/c1-16-12-18(14-28-22(16)31-10-11-32-23)13-25-15-19-20(24-3)6-9-27-21(19)17(2)26-7-4-5-8-29-30/h6,9,12,14-15,20,24-26H,2,4-5,7-8,10-11,13H2,1,3H3/b19-15+. The molecule has 0 bridgehead atoms. The molecule has 0 aliphatic carbocycles. The molecule has 1 aromatic heterocycles. The third kappa shape index (κ3) is 8.08. The molecule has 8 nitrogen and oxygen atoms in total. The van der Waals surface area contributed by atoms with Crippen LogP contribution in [-0.4, -0.2) is 49.2 Å². The topological polar surface area (TPSA) is 100 Å². The highest BCUT2D eigenvalue weighted by Crippen LogP contribution is 2.18. The third-order valence-electron chi connectivity index (χ3n) is 4.75. The molecule has 0 fully saturated rings. The predicted molar refractivity (Wildman–Crippen MR) is 129 cm³/mol. The van der Waals surface area contributed by atoms with Gasteiger partial charge in [-0.05, 0) is 44.5 Å². The molecule has 1 aromatic rings. The van der Waals surface area contributed by atoms with Crippen molar-refractivity contribution < 1.29 is 8.62 Å². The highest BCUT2D eigenvalue weighted by molar-refractivity contribution is 7.94. The molecular weight excluding hydrogens is 431 g/mol. The Labute approximate surface area is 193 Å². The van der Waals surface area contributed by atoms with Crippen molar-refractivity contribution in [1.29, 1.82) is 0 Å². The lowest BCUT2D eigenvalue weighted by atomic mass is 9.98. The number of nitroso groups, excluding NO2 is 1. The Morgan fingerprint density at radius 2 is 2.28 bits per heavy atom. The summed E-state index contributed by atoms with van der Waals surface area (Å²) in [5.41, 5.74) is 4.37. The van der Waals surface area contributed by atoms with Crippen molar-refractivity contribution in [3.8, 4) is 5.88 Å².